The molecule has 32 heavy (non-hydrogen) atoms. The summed E-state index contributed by atoms with van der Waals surface area (Å²) >= 11 is 0. The molecule has 2 N–H and O–H groups in total. The number of hydrogen-bond acceptors (Lipinski definition) is 5. The topological polar surface area (TPSA) is 98.7 Å². The first-order chi connectivity index (χ1) is 15.5. The average molecular weight is 442 g/mol. The van der Waals surface area contributed by atoms with E-state index in [4.69, 9.17) is 9.47 Å². The summed E-state index contributed by atoms with van der Waals surface area (Å²) in [5, 5.41) is 5.31. The minimum atomic E-state index is -0.556. The maximum absolute atomic E-state index is 12.9. The van der Waals surface area contributed by atoms with Crippen LogP contribution in [0.1, 0.15) is 64.4 Å². The summed E-state index contributed by atoms with van der Waals surface area (Å²) in [6, 6.07) is 5.75. The smallest absolute Gasteiger partial charge is 0.256 e. The van der Waals surface area contributed by atoms with Gasteiger partial charge >= 0.3 is 0 Å². The van der Waals surface area contributed by atoms with E-state index in [9.17, 15) is 14.4 Å². The Hall–Kier alpha value is -3.29. The third-order valence-corrected chi connectivity index (χ3v) is 5.91. The molecular weight excluding hydrogens is 410 g/mol. The van der Waals surface area contributed by atoms with Gasteiger partial charge in [0.2, 0.25) is 5.43 Å². The number of ether oxygens (including phenoxy) is 2. The molecular formula is C24H31N3O5. The van der Waals surface area contributed by atoms with Gasteiger partial charge in [-0.1, -0.05) is 25.3 Å². The van der Waals surface area contributed by atoms with E-state index in [1.807, 2.05) is 22.8 Å². The summed E-state index contributed by atoms with van der Waals surface area (Å²) in [5.74, 6) is 0.282. The van der Waals surface area contributed by atoms with E-state index in [-0.39, 0.29) is 17.2 Å². The standard InChI is InChI=1S/C24H31N3O5/c1-25-23(29)18-14-27(17-7-5-4-6-8-17)15-19(22(18)28)24(30)26-12-11-16-9-10-20(31-2)21(13-16)32-3/h9-10,13-15,17H,4-8,11-12H2,1-3H3,(H,25,29)(H,26,30). The lowest BCUT2D eigenvalue weighted by molar-refractivity contribution is 0.0951. The van der Waals surface area contributed by atoms with E-state index in [0.717, 1.165) is 31.2 Å². The van der Waals surface area contributed by atoms with Crippen LogP contribution in [0, 0.1) is 0 Å². The SMILES string of the molecule is CNC(=O)c1cn(C2CCCCC2)cc(C(=O)NCCc2ccc(OC)c(OC)c2)c1=O. The van der Waals surface area contributed by atoms with Gasteiger partial charge in [0.1, 0.15) is 11.1 Å². The highest BCUT2D eigenvalue weighted by molar-refractivity contribution is 5.99. The molecule has 1 aromatic heterocycles. The van der Waals surface area contributed by atoms with E-state index < -0.39 is 17.2 Å². The molecule has 1 aromatic carbocycles. The molecule has 0 radical (unpaired) electrons. The molecule has 2 aromatic rings. The molecule has 1 fully saturated rings. The summed E-state index contributed by atoms with van der Waals surface area (Å²) in [4.78, 5) is 38.0. The fraction of sp³-hybridized carbons (Fsp3) is 0.458. The fourth-order valence-electron chi connectivity index (χ4n) is 4.10. The van der Waals surface area contributed by atoms with Crippen LogP contribution in [-0.2, 0) is 6.42 Å². The quantitative estimate of drug-likeness (QED) is 0.656. The number of carbonyl (C=O) groups is 2. The number of amides is 2. The van der Waals surface area contributed by atoms with Gasteiger partial charge < -0.3 is 24.7 Å². The molecule has 8 nitrogen and oxygen atoms in total. The highest BCUT2D eigenvalue weighted by atomic mass is 16.5. The average Bonchev–Trinajstić information content (AvgIpc) is 2.83. The molecule has 0 bridgehead atoms. The minimum absolute atomic E-state index is 0.00869. The second-order valence-corrected chi connectivity index (χ2v) is 7.93. The van der Waals surface area contributed by atoms with Crippen LogP contribution in [0.5, 0.6) is 11.5 Å². The van der Waals surface area contributed by atoms with Crippen molar-refractivity contribution in [2.45, 2.75) is 44.6 Å². The zero-order valence-corrected chi connectivity index (χ0v) is 18.9. The van der Waals surface area contributed by atoms with Crippen molar-refractivity contribution >= 4 is 11.8 Å². The summed E-state index contributed by atoms with van der Waals surface area (Å²) < 4.78 is 12.4. The molecule has 172 valence electrons. The van der Waals surface area contributed by atoms with Crippen molar-refractivity contribution in [1.29, 1.82) is 0 Å². The fourth-order valence-corrected chi connectivity index (χ4v) is 4.10. The number of hydrogen-bond donors (Lipinski definition) is 2. The summed E-state index contributed by atoms with van der Waals surface area (Å²) in [5.41, 5.74) is 0.385. The van der Waals surface area contributed by atoms with Crippen LogP contribution < -0.4 is 25.5 Å². The molecule has 0 atom stereocenters. The first-order valence-corrected chi connectivity index (χ1v) is 11.0. The van der Waals surface area contributed by atoms with Crippen LogP contribution in [0.2, 0.25) is 0 Å². The molecule has 1 aliphatic carbocycles. The number of pyridine rings is 1. The van der Waals surface area contributed by atoms with Crippen molar-refractivity contribution in [1.82, 2.24) is 15.2 Å². The Morgan fingerprint density at radius 2 is 1.66 bits per heavy atom. The van der Waals surface area contributed by atoms with Crippen molar-refractivity contribution in [2.24, 2.45) is 0 Å². The Labute approximate surface area is 187 Å². The van der Waals surface area contributed by atoms with Gasteiger partial charge in [-0.2, -0.15) is 0 Å². The zero-order valence-electron chi connectivity index (χ0n) is 18.9. The van der Waals surface area contributed by atoms with Gasteiger partial charge in [-0.3, -0.25) is 14.4 Å². The molecule has 8 heteroatoms. The summed E-state index contributed by atoms with van der Waals surface area (Å²) in [6.45, 7) is 0.335. The number of nitrogens with zero attached hydrogens (tertiary/aromatic N) is 1. The summed E-state index contributed by atoms with van der Waals surface area (Å²) in [6.07, 6.45) is 9.04. The van der Waals surface area contributed by atoms with Crippen molar-refractivity contribution in [3.63, 3.8) is 0 Å². The van der Waals surface area contributed by atoms with Crippen molar-refractivity contribution in [2.75, 3.05) is 27.8 Å². The molecule has 0 aliphatic heterocycles. The van der Waals surface area contributed by atoms with Crippen molar-refractivity contribution in [3.8, 4) is 11.5 Å². The lowest BCUT2D eigenvalue weighted by atomic mass is 9.95. The molecule has 0 spiro atoms. The van der Waals surface area contributed by atoms with E-state index in [1.54, 1.807) is 26.6 Å². The number of methoxy groups -OCH3 is 2. The lowest BCUT2D eigenvalue weighted by Crippen LogP contribution is -2.35. The number of nitrogens with one attached hydrogen (secondary N) is 2. The number of benzene rings is 1. The molecule has 3 rings (SSSR count). The largest absolute Gasteiger partial charge is 0.493 e. The van der Waals surface area contributed by atoms with Gasteiger partial charge in [0.15, 0.2) is 11.5 Å². The monoisotopic (exact) mass is 441 g/mol. The molecule has 1 aliphatic rings. The first-order valence-electron chi connectivity index (χ1n) is 11.0. The number of carbonyl (C=O) groups excluding carboxylic acids is 2. The predicted molar refractivity (Wildman–Crippen MR) is 122 cm³/mol. The van der Waals surface area contributed by atoms with Gasteiger partial charge in [0.25, 0.3) is 11.8 Å². The minimum Gasteiger partial charge on any atom is -0.493 e. The Balaban J connectivity index is 1.77. The second-order valence-electron chi connectivity index (χ2n) is 7.93. The highest BCUT2D eigenvalue weighted by Crippen LogP contribution is 2.28. The van der Waals surface area contributed by atoms with E-state index in [1.165, 1.54) is 13.5 Å². The third-order valence-electron chi connectivity index (χ3n) is 5.91. The number of aromatic nitrogens is 1. The van der Waals surface area contributed by atoms with E-state index in [2.05, 4.69) is 10.6 Å². The Kier molecular flexibility index (Phi) is 7.92. The van der Waals surface area contributed by atoms with Crippen LogP contribution in [0.4, 0.5) is 0 Å². The first kappa shape index (κ1) is 23.4. The lowest BCUT2D eigenvalue weighted by Gasteiger charge is -2.25. The molecule has 0 unspecified atom stereocenters. The second kappa shape index (κ2) is 10.8. The van der Waals surface area contributed by atoms with Gasteiger partial charge in [0.05, 0.1) is 14.2 Å². The number of rotatable bonds is 8. The highest BCUT2D eigenvalue weighted by Gasteiger charge is 2.22. The zero-order chi connectivity index (χ0) is 23.1. The Bertz CT molecular complexity index is 1020. The van der Waals surface area contributed by atoms with Crippen LogP contribution in [0.3, 0.4) is 0 Å². The van der Waals surface area contributed by atoms with Crippen molar-refractivity contribution in [3.05, 3.63) is 57.5 Å². The van der Waals surface area contributed by atoms with Crippen molar-refractivity contribution < 1.29 is 19.1 Å². The molecule has 0 saturated heterocycles. The van der Waals surface area contributed by atoms with Gasteiger partial charge in [0, 0.05) is 32.0 Å². The van der Waals surface area contributed by atoms with Gasteiger partial charge in [-0.25, -0.2) is 0 Å². The normalized spacial score (nSPS) is 14.0. The van der Waals surface area contributed by atoms with E-state index >= 15 is 0 Å². The Morgan fingerprint density at radius 1 is 1.00 bits per heavy atom. The Morgan fingerprint density at radius 3 is 2.28 bits per heavy atom. The van der Waals surface area contributed by atoms with Crippen LogP contribution in [-0.4, -0.2) is 44.2 Å². The molecule has 2 amide bonds. The molecule has 1 heterocycles. The summed E-state index contributed by atoms with van der Waals surface area (Å²) in [7, 11) is 4.62. The van der Waals surface area contributed by atoms with Gasteiger partial charge in [-0.15, -0.1) is 0 Å². The molecule has 1 saturated carbocycles. The maximum atomic E-state index is 12.9. The predicted octanol–water partition coefficient (Wildman–Crippen LogP) is 2.70. The van der Waals surface area contributed by atoms with Crippen LogP contribution in [0.15, 0.2) is 35.4 Å². The van der Waals surface area contributed by atoms with E-state index in [0.29, 0.717) is 24.5 Å². The van der Waals surface area contributed by atoms with Crippen LogP contribution in [0.25, 0.3) is 0 Å². The maximum Gasteiger partial charge on any atom is 0.256 e. The van der Waals surface area contributed by atoms with Crippen LogP contribution >= 0.6 is 0 Å². The third kappa shape index (κ3) is 5.30. The van der Waals surface area contributed by atoms with Gasteiger partial charge in [-0.05, 0) is 37.0 Å².